The van der Waals surface area contributed by atoms with Crippen LogP contribution in [-0.4, -0.2) is 17.1 Å². The lowest BCUT2D eigenvalue weighted by molar-refractivity contribution is 0.417. The van der Waals surface area contributed by atoms with Gasteiger partial charge in [-0.1, -0.05) is 41.4 Å². The molecule has 1 heterocycles. The monoisotopic (exact) mass is 374 g/mol. The van der Waals surface area contributed by atoms with Crippen molar-refractivity contribution in [3.05, 3.63) is 64.3 Å². The van der Waals surface area contributed by atoms with E-state index in [-0.39, 0.29) is 0 Å². The van der Waals surface area contributed by atoms with Crippen LogP contribution in [-0.2, 0) is 0 Å². The number of nitrogens with zero attached hydrogens (tertiary/aromatic N) is 2. The highest BCUT2D eigenvalue weighted by Crippen LogP contribution is 2.32. The summed E-state index contributed by atoms with van der Waals surface area (Å²) in [6.07, 6.45) is 0. The molecule has 0 unspecified atom stereocenters. The van der Waals surface area contributed by atoms with Gasteiger partial charge < -0.3 is 15.4 Å². The molecule has 0 aliphatic heterocycles. The maximum absolute atomic E-state index is 6.22. The number of ether oxygens (including phenoxy) is 1. The third kappa shape index (κ3) is 4.13. The third-order valence-corrected chi connectivity index (χ3v) is 4.24. The molecule has 0 aliphatic rings. The van der Waals surface area contributed by atoms with Gasteiger partial charge in [0.25, 0.3) is 0 Å². The van der Waals surface area contributed by atoms with Crippen LogP contribution in [0.15, 0.2) is 48.5 Å². The minimum Gasteiger partial charge on any atom is -0.495 e. The SMILES string of the molecule is COc1ccccc1Nc1nc(C)cc(Nc2cccc(Cl)c2Cl)n1. The predicted octanol–water partition coefficient (Wildman–Crippen LogP) is 5.59. The van der Waals surface area contributed by atoms with Gasteiger partial charge >= 0.3 is 0 Å². The second-order valence-corrected chi connectivity index (χ2v) is 6.05. The summed E-state index contributed by atoms with van der Waals surface area (Å²) in [5.74, 6) is 1.76. The zero-order valence-corrected chi connectivity index (χ0v) is 15.2. The van der Waals surface area contributed by atoms with Crippen molar-refractivity contribution in [2.75, 3.05) is 17.7 Å². The molecule has 0 saturated heterocycles. The summed E-state index contributed by atoms with van der Waals surface area (Å²) in [5, 5.41) is 7.26. The van der Waals surface area contributed by atoms with Crippen molar-refractivity contribution in [2.45, 2.75) is 6.92 Å². The quantitative estimate of drug-likeness (QED) is 0.609. The first-order chi connectivity index (χ1) is 12.1. The van der Waals surface area contributed by atoms with Crippen LogP contribution >= 0.6 is 23.2 Å². The molecule has 7 heteroatoms. The number of benzene rings is 2. The third-order valence-electron chi connectivity index (χ3n) is 3.42. The summed E-state index contributed by atoms with van der Waals surface area (Å²) in [4.78, 5) is 8.89. The number of hydrogen-bond donors (Lipinski definition) is 2. The fourth-order valence-electron chi connectivity index (χ4n) is 2.30. The highest BCUT2D eigenvalue weighted by molar-refractivity contribution is 6.43. The second-order valence-electron chi connectivity index (χ2n) is 5.27. The summed E-state index contributed by atoms with van der Waals surface area (Å²) in [6.45, 7) is 1.89. The largest absolute Gasteiger partial charge is 0.495 e. The van der Waals surface area contributed by atoms with E-state index in [1.165, 1.54) is 0 Å². The van der Waals surface area contributed by atoms with Crippen LogP contribution in [0, 0.1) is 6.92 Å². The fraction of sp³-hybridized carbons (Fsp3) is 0.111. The molecule has 0 bridgehead atoms. The Bertz CT molecular complexity index is 902. The van der Waals surface area contributed by atoms with Crippen LogP contribution < -0.4 is 15.4 Å². The van der Waals surface area contributed by atoms with Gasteiger partial charge in [-0.15, -0.1) is 0 Å². The predicted molar refractivity (Wildman–Crippen MR) is 103 cm³/mol. The van der Waals surface area contributed by atoms with Crippen LogP contribution in [0.1, 0.15) is 5.69 Å². The van der Waals surface area contributed by atoms with Crippen molar-refractivity contribution in [2.24, 2.45) is 0 Å². The first-order valence-corrected chi connectivity index (χ1v) is 8.29. The van der Waals surface area contributed by atoms with E-state index < -0.39 is 0 Å². The molecule has 0 saturated carbocycles. The van der Waals surface area contributed by atoms with Crippen LogP contribution in [0.25, 0.3) is 0 Å². The average molecular weight is 375 g/mol. The minimum absolute atomic E-state index is 0.444. The molecule has 1 aromatic heterocycles. The lowest BCUT2D eigenvalue weighted by atomic mass is 10.3. The van der Waals surface area contributed by atoms with E-state index in [0.717, 1.165) is 11.4 Å². The molecule has 128 valence electrons. The molecular formula is C18H16Cl2N4O. The molecule has 25 heavy (non-hydrogen) atoms. The molecule has 2 aromatic carbocycles. The molecular weight excluding hydrogens is 359 g/mol. The van der Waals surface area contributed by atoms with Crippen LogP contribution in [0.5, 0.6) is 5.75 Å². The smallest absolute Gasteiger partial charge is 0.229 e. The van der Waals surface area contributed by atoms with E-state index in [4.69, 9.17) is 27.9 Å². The van der Waals surface area contributed by atoms with Crippen molar-refractivity contribution >= 4 is 46.3 Å². The highest BCUT2D eigenvalue weighted by atomic mass is 35.5. The molecule has 0 radical (unpaired) electrons. The molecule has 0 amide bonds. The van der Waals surface area contributed by atoms with E-state index in [1.54, 1.807) is 13.2 Å². The normalized spacial score (nSPS) is 10.4. The van der Waals surface area contributed by atoms with Gasteiger partial charge in [0.1, 0.15) is 11.6 Å². The number of nitrogens with one attached hydrogen (secondary N) is 2. The Kier molecular flexibility index (Phi) is 5.26. The van der Waals surface area contributed by atoms with Gasteiger partial charge in [0.15, 0.2) is 0 Å². The maximum atomic E-state index is 6.22. The highest BCUT2D eigenvalue weighted by Gasteiger charge is 2.09. The average Bonchev–Trinajstić information content (AvgIpc) is 2.59. The van der Waals surface area contributed by atoms with Gasteiger partial charge in [0.2, 0.25) is 5.95 Å². The van der Waals surface area contributed by atoms with E-state index >= 15 is 0 Å². The number of para-hydroxylation sites is 2. The standard InChI is InChI=1S/C18H16Cl2N4O/c1-11-10-16(22-14-8-5-6-12(19)17(14)20)24-18(21-11)23-13-7-3-4-9-15(13)25-2/h3-10H,1-2H3,(H2,21,22,23,24). The Balaban J connectivity index is 1.89. The Morgan fingerprint density at radius 2 is 1.68 bits per heavy atom. The molecule has 2 N–H and O–H groups in total. The Hall–Kier alpha value is -2.50. The van der Waals surface area contributed by atoms with Crippen LogP contribution in [0.4, 0.5) is 23.1 Å². The lowest BCUT2D eigenvalue weighted by Crippen LogP contribution is -2.03. The number of hydrogen-bond acceptors (Lipinski definition) is 5. The minimum atomic E-state index is 0.444. The summed E-state index contributed by atoms with van der Waals surface area (Å²) >= 11 is 12.3. The number of aromatic nitrogens is 2. The molecule has 3 aromatic rings. The van der Waals surface area contributed by atoms with E-state index in [9.17, 15) is 0 Å². The Morgan fingerprint density at radius 1 is 0.920 bits per heavy atom. The fourth-order valence-corrected chi connectivity index (χ4v) is 2.64. The molecule has 3 rings (SSSR count). The number of rotatable bonds is 5. The maximum Gasteiger partial charge on any atom is 0.229 e. The Morgan fingerprint density at radius 3 is 2.48 bits per heavy atom. The van der Waals surface area contributed by atoms with E-state index in [0.29, 0.717) is 33.2 Å². The van der Waals surface area contributed by atoms with Crippen molar-refractivity contribution in [3.63, 3.8) is 0 Å². The van der Waals surface area contributed by atoms with Gasteiger partial charge in [-0.3, -0.25) is 0 Å². The number of anilines is 4. The van der Waals surface area contributed by atoms with Gasteiger partial charge in [0, 0.05) is 11.8 Å². The second kappa shape index (κ2) is 7.59. The zero-order chi connectivity index (χ0) is 17.8. The molecule has 0 fully saturated rings. The number of halogens is 2. The zero-order valence-electron chi connectivity index (χ0n) is 13.7. The first kappa shape index (κ1) is 17.3. The van der Waals surface area contributed by atoms with Gasteiger partial charge in [0.05, 0.1) is 28.5 Å². The number of aryl methyl sites for hydroxylation is 1. The molecule has 0 aliphatic carbocycles. The molecule has 0 atom stereocenters. The Labute approximate surface area is 156 Å². The summed E-state index contributed by atoms with van der Waals surface area (Å²) in [6, 6.07) is 14.8. The first-order valence-electron chi connectivity index (χ1n) is 7.53. The van der Waals surface area contributed by atoms with Crippen molar-refractivity contribution in [1.29, 1.82) is 0 Å². The van der Waals surface area contributed by atoms with Gasteiger partial charge in [-0.25, -0.2) is 4.98 Å². The van der Waals surface area contributed by atoms with Crippen molar-refractivity contribution in [1.82, 2.24) is 9.97 Å². The summed E-state index contributed by atoms with van der Waals surface area (Å²) < 4.78 is 5.34. The van der Waals surface area contributed by atoms with Crippen LogP contribution in [0.2, 0.25) is 10.0 Å². The van der Waals surface area contributed by atoms with E-state index in [2.05, 4.69) is 20.6 Å². The topological polar surface area (TPSA) is 59.1 Å². The molecule has 0 spiro atoms. The van der Waals surface area contributed by atoms with Gasteiger partial charge in [-0.2, -0.15) is 4.98 Å². The molecule has 5 nitrogen and oxygen atoms in total. The van der Waals surface area contributed by atoms with Crippen molar-refractivity contribution < 1.29 is 4.74 Å². The van der Waals surface area contributed by atoms with Gasteiger partial charge in [-0.05, 0) is 31.2 Å². The summed E-state index contributed by atoms with van der Waals surface area (Å²) in [5.41, 5.74) is 2.26. The number of methoxy groups -OCH3 is 1. The van der Waals surface area contributed by atoms with Crippen LogP contribution in [0.3, 0.4) is 0 Å². The summed E-state index contributed by atoms with van der Waals surface area (Å²) in [7, 11) is 1.62. The van der Waals surface area contributed by atoms with E-state index in [1.807, 2.05) is 49.4 Å². The van der Waals surface area contributed by atoms with Crippen molar-refractivity contribution in [3.8, 4) is 5.75 Å². The lowest BCUT2D eigenvalue weighted by Gasteiger charge is -2.13.